The zero-order chi connectivity index (χ0) is 19.5. The van der Waals surface area contributed by atoms with Crippen molar-refractivity contribution in [2.75, 3.05) is 16.4 Å². The average Bonchev–Trinajstić information content (AvgIpc) is 2.70. The molecule has 3 aromatic carbocycles. The number of carbonyl (C=O) groups excluding carboxylic acids is 1. The first-order chi connectivity index (χ1) is 13.6. The second-order valence-corrected chi connectivity index (χ2v) is 6.13. The van der Waals surface area contributed by atoms with Crippen LogP contribution in [0.2, 0.25) is 0 Å². The monoisotopic (exact) mass is 373 g/mol. The molecule has 138 valence electrons. The number of para-hydroxylation sites is 2. The SMILES string of the molecule is Nc1ccccc1NC(=O)c1ccc(Nc2ncnc3cc(F)ccc23)cc1. The third-order valence-electron chi connectivity index (χ3n) is 4.22. The van der Waals surface area contributed by atoms with E-state index in [1.165, 1.54) is 18.5 Å². The number of benzene rings is 3. The van der Waals surface area contributed by atoms with Crippen LogP contribution in [0.3, 0.4) is 0 Å². The second-order valence-electron chi connectivity index (χ2n) is 6.13. The molecule has 0 fully saturated rings. The summed E-state index contributed by atoms with van der Waals surface area (Å²) in [5.74, 6) is -0.0572. The van der Waals surface area contributed by atoms with Crippen molar-refractivity contribution >= 4 is 39.7 Å². The topological polar surface area (TPSA) is 92.9 Å². The van der Waals surface area contributed by atoms with E-state index in [1.807, 2.05) is 0 Å². The molecule has 0 saturated heterocycles. The van der Waals surface area contributed by atoms with E-state index < -0.39 is 0 Å². The molecule has 1 aromatic heterocycles. The molecule has 4 N–H and O–H groups in total. The molecule has 0 aliphatic carbocycles. The van der Waals surface area contributed by atoms with Crippen molar-refractivity contribution in [1.82, 2.24) is 9.97 Å². The molecule has 6 nitrogen and oxygen atoms in total. The molecule has 0 aliphatic heterocycles. The zero-order valence-electron chi connectivity index (χ0n) is 14.7. The van der Waals surface area contributed by atoms with Gasteiger partial charge < -0.3 is 16.4 Å². The number of nitrogen functional groups attached to an aromatic ring is 1. The van der Waals surface area contributed by atoms with E-state index in [-0.39, 0.29) is 11.7 Å². The van der Waals surface area contributed by atoms with Gasteiger partial charge in [-0.3, -0.25) is 4.79 Å². The molecule has 4 aromatic rings. The van der Waals surface area contributed by atoms with E-state index in [1.54, 1.807) is 54.6 Å². The van der Waals surface area contributed by atoms with Crippen LogP contribution < -0.4 is 16.4 Å². The summed E-state index contributed by atoms with van der Waals surface area (Å²) in [6, 6.07) is 18.3. The number of halogens is 1. The summed E-state index contributed by atoms with van der Waals surface area (Å²) in [6.07, 6.45) is 1.37. The first-order valence-electron chi connectivity index (χ1n) is 8.53. The van der Waals surface area contributed by atoms with Gasteiger partial charge in [0, 0.05) is 22.7 Å². The van der Waals surface area contributed by atoms with Crippen molar-refractivity contribution in [3.63, 3.8) is 0 Å². The van der Waals surface area contributed by atoms with Gasteiger partial charge >= 0.3 is 0 Å². The lowest BCUT2D eigenvalue weighted by Crippen LogP contribution is -2.13. The Balaban J connectivity index is 1.52. The van der Waals surface area contributed by atoms with Gasteiger partial charge in [0.15, 0.2) is 0 Å². The molecule has 0 atom stereocenters. The number of carbonyl (C=O) groups is 1. The summed E-state index contributed by atoms with van der Waals surface area (Å²) < 4.78 is 13.4. The highest BCUT2D eigenvalue weighted by Gasteiger charge is 2.09. The van der Waals surface area contributed by atoms with Gasteiger partial charge in [0.25, 0.3) is 5.91 Å². The fraction of sp³-hybridized carbons (Fsp3) is 0. The predicted octanol–water partition coefficient (Wildman–Crippen LogP) is 4.35. The largest absolute Gasteiger partial charge is 0.397 e. The Bertz CT molecular complexity index is 1160. The fourth-order valence-corrected chi connectivity index (χ4v) is 2.78. The minimum atomic E-state index is -0.355. The van der Waals surface area contributed by atoms with Crippen molar-refractivity contribution < 1.29 is 9.18 Å². The number of fused-ring (bicyclic) bond motifs is 1. The second kappa shape index (κ2) is 7.32. The molecule has 1 amide bonds. The summed E-state index contributed by atoms with van der Waals surface area (Å²) in [6.45, 7) is 0. The van der Waals surface area contributed by atoms with E-state index in [2.05, 4.69) is 20.6 Å². The molecular formula is C21H16FN5O. The number of nitrogens with one attached hydrogen (secondary N) is 2. The average molecular weight is 373 g/mol. The smallest absolute Gasteiger partial charge is 0.255 e. The number of hydrogen-bond acceptors (Lipinski definition) is 5. The highest BCUT2D eigenvalue weighted by Crippen LogP contribution is 2.24. The Kier molecular flexibility index (Phi) is 4.55. The van der Waals surface area contributed by atoms with Crippen LogP contribution in [-0.4, -0.2) is 15.9 Å². The molecule has 0 spiro atoms. The Morgan fingerprint density at radius 2 is 1.75 bits per heavy atom. The number of amides is 1. The third kappa shape index (κ3) is 3.59. The lowest BCUT2D eigenvalue weighted by atomic mass is 10.1. The molecule has 7 heteroatoms. The minimum absolute atomic E-state index is 0.257. The lowest BCUT2D eigenvalue weighted by Gasteiger charge is -2.10. The van der Waals surface area contributed by atoms with Crippen molar-refractivity contribution in [2.45, 2.75) is 0 Å². The number of hydrogen-bond donors (Lipinski definition) is 3. The summed E-state index contributed by atoms with van der Waals surface area (Å²) in [4.78, 5) is 20.7. The first kappa shape index (κ1) is 17.4. The van der Waals surface area contributed by atoms with Gasteiger partial charge in [0.2, 0.25) is 0 Å². The third-order valence-corrected chi connectivity index (χ3v) is 4.22. The normalized spacial score (nSPS) is 10.6. The molecule has 0 bridgehead atoms. The highest BCUT2D eigenvalue weighted by molar-refractivity contribution is 6.06. The van der Waals surface area contributed by atoms with Crippen molar-refractivity contribution in [2.24, 2.45) is 0 Å². The van der Waals surface area contributed by atoms with Crippen LogP contribution in [0.5, 0.6) is 0 Å². The minimum Gasteiger partial charge on any atom is -0.397 e. The van der Waals surface area contributed by atoms with Crippen molar-refractivity contribution in [3.05, 3.63) is 84.4 Å². The Hall–Kier alpha value is -4.00. The van der Waals surface area contributed by atoms with Gasteiger partial charge in [-0.05, 0) is 48.5 Å². The van der Waals surface area contributed by atoms with E-state index in [0.29, 0.717) is 33.7 Å². The first-order valence-corrected chi connectivity index (χ1v) is 8.53. The standard InChI is InChI=1S/C21H16FN5O/c22-14-7-10-16-19(11-14)24-12-25-20(16)26-15-8-5-13(6-9-15)21(28)27-18-4-2-1-3-17(18)23/h1-12H,23H2,(H,27,28)(H,24,25,26). The van der Waals surface area contributed by atoms with Crippen LogP contribution >= 0.6 is 0 Å². The summed E-state index contributed by atoms with van der Waals surface area (Å²) >= 11 is 0. The highest BCUT2D eigenvalue weighted by atomic mass is 19.1. The van der Waals surface area contributed by atoms with E-state index in [4.69, 9.17) is 5.73 Å². The summed E-state index contributed by atoms with van der Waals surface area (Å²) in [7, 11) is 0. The number of nitrogens with zero attached hydrogens (tertiary/aromatic N) is 2. The van der Waals surface area contributed by atoms with Crippen LogP contribution in [0.4, 0.5) is 27.3 Å². The summed E-state index contributed by atoms with van der Waals surface area (Å²) in [5, 5.41) is 6.65. The van der Waals surface area contributed by atoms with E-state index in [9.17, 15) is 9.18 Å². The van der Waals surface area contributed by atoms with Crippen LogP contribution in [-0.2, 0) is 0 Å². The van der Waals surface area contributed by atoms with E-state index in [0.717, 1.165) is 5.69 Å². The Morgan fingerprint density at radius 3 is 2.54 bits per heavy atom. The zero-order valence-corrected chi connectivity index (χ0v) is 14.7. The molecule has 28 heavy (non-hydrogen) atoms. The summed E-state index contributed by atoms with van der Waals surface area (Å²) in [5.41, 5.74) is 8.65. The maximum absolute atomic E-state index is 13.4. The lowest BCUT2D eigenvalue weighted by molar-refractivity contribution is 0.102. The molecule has 0 unspecified atom stereocenters. The molecule has 4 rings (SSSR count). The number of rotatable bonds is 4. The number of nitrogens with two attached hydrogens (primary N) is 1. The number of aromatic nitrogens is 2. The van der Waals surface area contributed by atoms with Gasteiger partial charge in [-0.25, -0.2) is 14.4 Å². The van der Waals surface area contributed by atoms with Gasteiger partial charge in [-0.1, -0.05) is 12.1 Å². The van der Waals surface area contributed by atoms with Crippen LogP contribution in [0.1, 0.15) is 10.4 Å². The molecule has 0 radical (unpaired) electrons. The Morgan fingerprint density at radius 1 is 0.964 bits per heavy atom. The molecule has 1 heterocycles. The van der Waals surface area contributed by atoms with Gasteiger partial charge in [-0.2, -0.15) is 0 Å². The molecule has 0 aliphatic rings. The quantitative estimate of drug-likeness (QED) is 0.463. The van der Waals surface area contributed by atoms with Crippen LogP contribution in [0.25, 0.3) is 10.9 Å². The Labute approximate surface area is 160 Å². The van der Waals surface area contributed by atoms with E-state index >= 15 is 0 Å². The molecular weight excluding hydrogens is 357 g/mol. The molecule has 0 saturated carbocycles. The van der Waals surface area contributed by atoms with Gasteiger partial charge in [-0.15, -0.1) is 0 Å². The fourth-order valence-electron chi connectivity index (χ4n) is 2.78. The number of anilines is 4. The van der Waals surface area contributed by atoms with Crippen molar-refractivity contribution in [1.29, 1.82) is 0 Å². The van der Waals surface area contributed by atoms with Crippen LogP contribution in [0, 0.1) is 5.82 Å². The van der Waals surface area contributed by atoms with Gasteiger partial charge in [0.05, 0.1) is 16.9 Å². The van der Waals surface area contributed by atoms with Gasteiger partial charge in [0.1, 0.15) is 18.0 Å². The van der Waals surface area contributed by atoms with Crippen LogP contribution in [0.15, 0.2) is 73.1 Å². The maximum Gasteiger partial charge on any atom is 0.255 e. The predicted molar refractivity (Wildman–Crippen MR) is 108 cm³/mol. The maximum atomic E-state index is 13.4. The van der Waals surface area contributed by atoms with Crippen molar-refractivity contribution in [3.8, 4) is 0 Å².